The number of hydrogen-bond acceptors (Lipinski definition) is 4. The van der Waals surface area contributed by atoms with Crippen LogP contribution in [-0.2, 0) is 11.3 Å². The van der Waals surface area contributed by atoms with Gasteiger partial charge in [-0.15, -0.1) is 0 Å². The highest BCUT2D eigenvalue weighted by Crippen LogP contribution is 2.31. The first kappa shape index (κ1) is 21.8. The molecule has 0 saturated carbocycles. The molecule has 5 nitrogen and oxygen atoms in total. The van der Waals surface area contributed by atoms with Crippen molar-refractivity contribution >= 4 is 41.3 Å². The second-order valence-corrected chi connectivity index (χ2v) is 7.58. The normalized spacial score (nSPS) is 12.1. The zero-order chi connectivity index (χ0) is 21.5. The SMILES string of the molecule is C/N=C\C(=O)/C(O)=C/c1nccn1CCC(c1cccc(Cl)c1)c1cccc(Cl)c1. The predicted octanol–water partition coefficient (Wildman–Crippen LogP) is 5.58. The molecule has 0 bridgehead atoms. The average Bonchev–Trinajstić information content (AvgIpc) is 3.15. The zero-order valence-electron chi connectivity index (χ0n) is 16.4. The molecular weight excluding hydrogens is 421 g/mol. The van der Waals surface area contributed by atoms with Crippen LogP contribution in [0.25, 0.3) is 6.08 Å². The van der Waals surface area contributed by atoms with E-state index < -0.39 is 11.5 Å². The van der Waals surface area contributed by atoms with Gasteiger partial charge in [0.05, 0.1) is 6.21 Å². The quantitative estimate of drug-likeness (QED) is 0.281. The molecule has 0 spiro atoms. The first-order valence-corrected chi connectivity index (χ1v) is 10.1. The molecule has 1 heterocycles. The number of ketones is 1. The van der Waals surface area contributed by atoms with E-state index in [9.17, 15) is 9.90 Å². The third-order valence-electron chi connectivity index (χ3n) is 4.67. The van der Waals surface area contributed by atoms with E-state index in [1.54, 1.807) is 6.20 Å². The van der Waals surface area contributed by atoms with Gasteiger partial charge in [-0.3, -0.25) is 9.79 Å². The smallest absolute Gasteiger partial charge is 0.237 e. The third kappa shape index (κ3) is 5.59. The molecule has 0 aliphatic carbocycles. The number of aliphatic imine (C=N–C) groups is 1. The van der Waals surface area contributed by atoms with Gasteiger partial charge in [0.15, 0.2) is 5.76 Å². The van der Waals surface area contributed by atoms with Gasteiger partial charge in [-0.05, 0) is 41.8 Å². The summed E-state index contributed by atoms with van der Waals surface area (Å²) < 4.78 is 1.88. The van der Waals surface area contributed by atoms with E-state index in [2.05, 4.69) is 9.98 Å². The highest BCUT2D eigenvalue weighted by atomic mass is 35.5. The van der Waals surface area contributed by atoms with E-state index in [-0.39, 0.29) is 5.92 Å². The summed E-state index contributed by atoms with van der Waals surface area (Å²) in [5, 5.41) is 11.3. The first-order valence-electron chi connectivity index (χ1n) is 9.37. The number of carbonyl (C=O) groups excluding carboxylic acids is 1. The number of aryl methyl sites for hydroxylation is 1. The molecule has 0 aliphatic heterocycles. The lowest BCUT2D eigenvalue weighted by atomic mass is 9.88. The number of Topliss-reactive ketones (excluding diaryl/α,β-unsaturated/α-hetero) is 1. The van der Waals surface area contributed by atoms with Gasteiger partial charge >= 0.3 is 0 Å². The number of hydrogen-bond donors (Lipinski definition) is 1. The lowest BCUT2D eigenvalue weighted by Gasteiger charge is -2.19. The lowest BCUT2D eigenvalue weighted by molar-refractivity contribution is -0.111. The number of aromatic nitrogens is 2. The van der Waals surface area contributed by atoms with E-state index in [1.165, 1.54) is 13.1 Å². The Labute approximate surface area is 185 Å². The van der Waals surface area contributed by atoms with Crippen LogP contribution in [-0.4, -0.2) is 33.7 Å². The topological polar surface area (TPSA) is 67.5 Å². The van der Waals surface area contributed by atoms with Crippen molar-refractivity contribution in [2.75, 3.05) is 7.05 Å². The van der Waals surface area contributed by atoms with Gasteiger partial charge in [0.2, 0.25) is 5.78 Å². The first-order chi connectivity index (χ1) is 14.5. The largest absolute Gasteiger partial charge is 0.504 e. The molecule has 0 radical (unpaired) electrons. The number of benzene rings is 2. The Balaban J connectivity index is 1.86. The van der Waals surface area contributed by atoms with Crippen molar-refractivity contribution in [2.24, 2.45) is 4.99 Å². The van der Waals surface area contributed by atoms with Crippen molar-refractivity contribution < 1.29 is 9.90 Å². The van der Waals surface area contributed by atoms with Gasteiger partial charge in [-0.1, -0.05) is 47.5 Å². The molecular formula is C23H21Cl2N3O2. The lowest BCUT2D eigenvalue weighted by Crippen LogP contribution is -2.09. The van der Waals surface area contributed by atoms with Crippen LogP contribution >= 0.6 is 23.2 Å². The highest BCUT2D eigenvalue weighted by molar-refractivity contribution is 6.35. The van der Waals surface area contributed by atoms with Crippen molar-refractivity contribution in [2.45, 2.75) is 18.9 Å². The maximum absolute atomic E-state index is 11.8. The maximum atomic E-state index is 11.8. The van der Waals surface area contributed by atoms with Crippen LogP contribution < -0.4 is 0 Å². The fourth-order valence-corrected chi connectivity index (χ4v) is 3.66. The van der Waals surface area contributed by atoms with Crippen LogP contribution in [0.2, 0.25) is 10.0 Å². The Bertz CT molecular complexity index is 1040. The molecule has 7 heteroatoms. The summed E-state index contributed by atoms with van der Waals surface area (Å²) in [6.45, 7) is 0.610. The Morgan fingerprint density at radius 2 is 1.80 bits per heavy atom. The maximum Gasteiger partial charge on any atom is 0.237 e. The predicted molar refractivity (Wildman–Crippen MR) is 122 cm³/mol. The minimum absolute atomic E-state index is 0.0593. The molecule has 0 aliphatic rings. The van der Waals surface area contributed by atoms with Gasteiger partial charge in [-0.25, -0.2) is 4.98 Å². The standard InChI is InChI=1S/C23H21Cl2N3O2/c1-26-15-22(30)21(29)14-23-27-9-11-28(23)10-8-20(16-4-2-6-18(24)12-16)17-5-3-7-19(25)13-17/h2-7,9,11-15,20,29H,8,10H2,1H3/b21-14-,26-15-. The number of imidazole rings is 1. The number of rotatable bonds is 8. The number of carbonyl (C=O) groups is 1. The van der Waals surface area contributed by atoms with E-state index in [4.69, 9.17) is 23.2 Å². The minimum Gasteiger partial charge on any atom is -0.504 e. The zero-order valence-corrected chi connectivity index (χ0v) is 17.9. The van der Waals surface area contributed by atoms with Gasteiger partial charge < -0.3 is 9.67 Å². The summed E-state index contributed by atoms with van der Waals surface area (Å²) in [5.74, 6) is -0.428. The summed E-state index contributed by atoms with van der Waals surface area (Å²) in [4.78, 5) is 19.6. The molecule has 154 valence electrons. The van der Waals surface area contributed by atoms with Crippen molar-refractivity contribution in [1.82, 2.24) is 9.55 Å². The van der Waals surface area contributed by atoms with Crippen LogP contribution in [0.4, 0.5) is 0 Å². The van der Waals surface area contributed by atoms with Crippen molar-refractivity contribution in [3.63, 3.8) is 0 Å². The Morgan fingerprint density at radius 3 is 2.37 bits per heavy atom. The van der Waals surface area contributed by atoms with Crippen LogP contribution in [0.3, 0.4) is 0 Å². The number of nitrogens with zero attached hydrogens (tertiary/aromatic N) is 3. The molecule has 0 saturated heterocycles. The Morgan fingerprint density at radius 1 is 1.17 bits per heavy atom. The number of allylic oxidation sites excluding steroid dienone is 1. The second kappa shape index (κ2) is 10.2. The molecule has 0 fully saturated rings. The molecule has 0 amide bonds. The second-order valence-electron chi connectivity index (χ2n) is 6.71. The van der Waals surface area contributed by atoms with Crippen molar-refractivity contribution in [1.29, 1.82) is 0 Å². The van der Waals surface area contributed by atoms with Gasteiger partial charge in [0.25, 0.3) is 0 Å². The molecule has 1 N–H and O–H groups in total. The summed E-state index contributed by atoms with van der Waals surface area (Å²) >= 11 is 12.5. The van der Waals surface area contributed by atoms with Gasteiger partial charge in [0.1, 0.15) is 5.82 Å². The summed E-state index contributed by atoms with van der Waals surface area (Å²) in [5.41, 5.74) is 2.17. The van der Waals surface area contributed by atoms with E-state index in [0.717, 1.165) is 23.8 Å². The Kier molecular flexibility index (Phi) is 7.44. The van der Waals surface area contributed by atoms with Crippen molar-refractivity contribution in [3.05, 3.63) is 93.7 Å². The van der Waals surface area contributed by atoms with Gasteiger partial charge in [-0.2, -0.15) is 0 Å². The molecule has 0 atom stereocenters. The van der Waals surface area contributed by atoms with Crippen molar-refractivity contribution in [3.8, 4) is 0 Å². The Hall–Kier alpha value is -2.89. The summed E-state index contributed by atoms with van der Waals surface area (Å²) in [6, 6.07) is 15.5. The number of aliphatic hydroxyl groups is 1. The highest BCUT2D eigenvalue weighted by Gasteiger charge is 2.16. The fourth-order valence-electron chi connectivity index (χ4n) is 3.27. The minimum atomic E-state index is -0.567. The average molecular weight is 442 g/mol. The van der Waals surface area contributed by atoms with Crippen LogP contribution in [0.1, 0.15) is 29.3 Å². The molecule has 1 aromatic heterocycles. The molecule has 0 unspecified atom stereocenters. The van der Waals surface area contributed by atoms with E-state index in [1.807, 2.05) is 59.3 Å². The molecule has 3 aromatic rings. The number of aliphatic hydroxyl groups excluding tert-OH is 1. The monoisotopic (exact) mass is 441 g/mol. The summed E-state index contributed by atoms with van der Waals surface area (Å²) in [7, 11) is 1.47. The fraction of sp³-hybridized carbons (Fsp3) is 0.174. The van der Waals surface area contributed by atoms with E-state index in [0.29, 0.717) is 22.4 Å². The summed E-state index contributed by atoms with van der Waals surface area (Å²) in [6.07, 6.45) is 6.59. The molecule has 30 heavy (non-hydrogen) atoms. The van der Waals surface area contributed by atoms with E-state index >= 15 is 0 Å². The third-order valence-corrected chi connectivity index (χ3v) is 5.14. The van der Waals surface area contributed by atoms with Gasteiger partial charge in [0, 0.05) is 48.0 Å². The molecule has 2 aromatic carbocycles. The van der Waals surface area contributed by atoms with Crippen LogP contribution in [0.5, 0.6) is 0 Å². The number of halogens is 2. The van der Waals surface area contributed by atoms with Crippen LogP contribution in [0.15, 0.2) is 71.7 Å². The van der Waals surface area contributed by atoms with Crippen LogP contribution in [0, 0.1) is 0 Å². The molecule has 3 rings (SSSR count).